The molecule has 1 fully saturated rings. The molecule has 0 spiro atoms. The summed E-state index contributed by atoms with van der Waals surface area (Å²) in [7, 11) is 1.89. The Balaban J connectivity index is 0.00000192. The lowest BCUT2D eigenvalue weighted by Gasteiger charge is -2.35. The predicted octanol–water partition coefficient (Wildman–Crippen LogP) is 0.465. The average molecular weight is 428 g/mol. The Morgan fingerprint density at radius 1 is 1.22 bits per heavy atom. The minimum atomic E-state index is 0. The van der Waals surface area contributed by atoms with Gasteiger partial charge in [-0.05, 0) is 6.07 Å². The number of anilines is 1. The third kappa shape index (κ3) is 4.53. The van der Waals surface area contributed by atoms with Crippen molar-refractivity contribution in [3.05, 3.63) is 36.4 Å². The van der Waals surface area contributed by atoms with Crippen molar-refractivity contribution in [1.29, 1.82) is 0 Å². The summed E-state index contributed by atoms with van der Waals surface area (Å²) in [6, 6.07) is 1.82. The van der Waals surface area contributed by atoms with Crippen LogP contribution in [0, 0.1) is 0 Å². The number of rotatable bonds is 3. The van der Waals surface area contributed by atoms with Gasteiger partial charge in [0.15, 0.2) is 5.96 Å². The van der Waals surface area contributed by atoms with E-state index in [1.807, 2.05) is 25.5 Å². The van der Waals surface area contributed by atoms with E-state index in [1.54, 1.807) is 17.1 Å². The van der Waals surface area contributed by atoms with E-state index in [0.717, 1.165) is 37.7 Å². The van der Waals surface area contributed by atoms with Gasteiger partial charge in [-0.3, -0.25) is 4.68 Å². The van der Waals surface area contributed by atoms with Crippen LogP contribution in [-0.4, -0.2) is 56.8 Å². The molecular weight excluding hydrogens is 407 g/mol. The van der Waals surface area contributed by atoms with Crippen LogP contribution in [0.2, 0.25) is 0 Å². The molecule has 0 atom stereocenters. The van der Waals surface area contributed by atoms with Gasteiger partial charge in [-0.1, -0.05) is 0 Å². The molecule has 1 aliphatic rings. The molecule has 23 heavy (non-hydrogen) atoms. The van der Waals surface area contributed by atoms with Crippen molar-refractivity contribution in [2.24, 2.45) is 17.8 Å². The number of guanidine groups is 1. The second-order valence-corrected chi connectivity index (χ2v) is 5.22. The van der Waals surface area contributed by atoms with Crippen LogP contribution >= 0.6 is 24.0 Å². The third-order valence-electron chi connectivity index (χ3n) is 3.62. The largest absolute Gasteiger partial charge is 0.370 e. The standard InChI is InChI=1S/C14H20N8.HI/c1-20-11-12(10-19-20)9-18-13(15)21-5-7-22(8-6-21)14-16-3-2-4-17-14;/h2-4,10-11H,5-9H2,1H3,(H2,15,18);1H. The van der Waals surface area contributed by atoms with E-state index in [4.69, 9.17) is 5.73 Å². The molecule has 2 aromatic rings. The minimum absolute atomic E-state index is 0. The molecule has 0 unspecified atom stereocenters. The van der Waals surface area contributed by atoms with Crippen LogP contribution in [0.4, 0.5) is 5.95 Å². The molecule has 0 saturated carbocycles. The van der Waals surface area contributed by atoms with Gasteiger partial charge in [-0.15, -0.1) is 24.0 Å². The highest BCUT2D eigenvalue weighted by Crippen LogP contribution is 2.09. The summed E-state index contributed by atoms with van der Waals surface area (Å²) in [6.45, 7) is 3.88. The Hall–Kier alpha value is -1.91. The Labute approximate surface area is 152 Å². The minimum Gasteiger partial charge on any atom is -0.370 e. The van der Waals surface area contributed by atoms with Crippen LogP contribution in [-0.2, 0) is 13.6 Å². The lowest BCUT2D eigenvalue weighted by Crippen LogP contribution is -2.51. The zero-order valence-electron chi connectivity index (χ0n) is 13.0. The summed E-state index contributed by atoms with van der Waals surface area (Å²) in [5.74, 6) is 1.35. The van der Waals surface area contributed by atoms with Gasteiger partial charge in [-0.25, -0.2) is 15.0 Å². The Morgan fingerprint density at radius 3 is 2.52 bits per heavy atom. The third-order valence-corrected chi connectivity index (χ3v) is 3.62. The first-order valence-corrected chi connectivity index (χ1v) is 7.27. The van der Waals surface area contributed by atoms with Gasteiger partial charge in [0, 0.05) is 57.4 Å². The van der Waals surface area contributed by atoms with Gasteiger partial charge in [-0.2, -0.15) is 5.10 Å². The van der Waals surface area contributed by atoms with Crippen LogP contribution in [0.1, 0.15) is 5.56 Å². The zero-order valence-corrected chi connectivity index (χ0v) is 15.4. The zero-order chi connectivity index (χ0) is 15.4. The van der Waals surface area contributed by atoms with Gasteiger partial charge >= 0.3 is 0 Å². The Kier molecular flexibility index (Phi) is 6.13. The molecule has 1 saturated heterocycles. The van der Waals surface area contributed by atoms with E-state index < -0.39 is 0 Å². The molecule has 9 heteroatoms. The maximum Gasteiger partial charge on any atom is 0.225 e. The van der Waals surface area contributed by atoms with Crippen molar-refractivity contribution in [2.45, 2.75) is 6.54 Å². The second-order valence-electron chi connectivity index (χ2n) is 5.22. The van der Waals surface area contributed by atoms with Gasteiger partial charge in [0.25, 0.3) is 0 Å². The quantitative estimate of drug-likeness (QED) is 0.435. The number of hydrogen-bond donors (Lipinski definition) is 1. The van der Waals surface area contributed by atoms with Gasteiger partial charge < -0.3 is 15.5 Å². The topological polar surface area (TPSA) is 88.5 Å². The first kappa shape index (κ1) is 17.4. The predicted molar refractivity (Wildman–Crippen MR) is 99.8 cm³/mol. The molecule has 0 bridgehead atoms. The SMILES string of the molecule is Cn1cc(CN=C(N)N2CCN(c3ncccn3)CC2)cn1.I. The molecule has 3 heterocycles. The number of aromatic nitrogens is 4. The second kappa shape index (κ2) is 8.09. The first-order valence-electron chi connectivity index (χ1n) is 7.27. The van der Waals surface area contributed by atoms with Gasteiger partial charge in [0.2, 0.25) is 5.95 Å². The number of halogens is 1. The van der Waals surface area contributed by atoms with E-state index in [-0.39, 0.29) is 24.0 Å². The highest BCUT2D eigenvalue weighted by atomic mass is 127. The van der Waals surface area contributed by atoms with Crippen molar-refractivity contribution < 1.29 is 0 Å². The molecule has 0 aliphatic carbocycles. The van der Waals surface area contributed by atoms with Crippen molar-refractivity contribution >= 4 is 35.9 Å². The number of aliphatic imine (C=N–C) groups is 1. The number of nitrogens with two attached hydrogens (primary N) is 1. The fourth-order valence-corrected chi connectivity index (χ4v) is 2.42. The van der Waals surface area contributed by atoms with Crippen LogP contribution < -0.4 is 10.6 Å². The smallest absolute Gasteiger partial charge is 0.225 e. The molecule has 2 N–H and O–H groups in total. The Bertz CT molecular complexity index is 633. The highest BCUT2D eigenvalue weighted by Gasteiger charge is 2.19. The molecule has 1 aliphatic heterocycles. The molecule has 3 rings (SSSR count). The van der Waals surface area contributed by atoms with E-state index in [0.29, 0.717) is 12.5 Å². The fourth-order valence-electron chi connectivity index (χ4n) is 2.42. The summed E-state index contributed by atoms with van der Waals surface area (Å²) in [4.78, 5) is 17.2. The lowest BCUT2D eigenvalue weighted by molar-refractivity contribution is 0.378. The highest BCUT2D eigenvalue weighted by molar-refractivity contribution is 14.0. The molecular formula is C14H21IN8. The van der Waals surface area contributed by atoms with Gasteiger partial charge in [0.1, 0.15) is 0 Å². The molecule has 0 amide bonds. The van der Waals surface area contributed by atoms with Crippen molar-refractivity contribution in [3.8, 4) is 0 Å². The van der Waals surface area contributed by atoms with E-state index in [9.17, 15) is 0 Å². The lowest BCUT2D eigenvalue weighted by atomic mass is 10.3. The average Bonchev–Trinajstić information content (AvgIpc) is 2.99. The van der Waals surface area contributed by atoms with Crippen LogP contribution in [0.3, 0.4) is 0 Å². The number of nitrogens with zero attached hydrogens (tertiary/aromatic N) is 7. The normalized spacial score (nSPS) is 15.4. The van der Waals surface area contributed by atoms with Crippen molar-refractivity contribution in [1.82, 2.24) is 24.6 Å². The molecule has 2 aromatic heterocycles. The number of hydrogen-bond acceptors (Lipinski definition) is 5. The van der Waals surface area contributed by atoms with E-state index >= 15 is 0 Å². The summed E-state index contributed by atoms with van der Waals surface area (Å²) in [6.07, 6.45) is 7.28. The van der Waals surface area contributed by atoms with Crippen molar-refractivity contribution in [2.75, 3.05) is 31.1 Å². The molecule has 0 aromatic carbocycles. The number of aryl methyl sites for hydroxylation is 1. The molecule has 8 nitrogen and oxygen atoms in total. The maximum atomic E-state index is 6.09. The summed E-state index contributed by atoms with van der Waals surface area (Å²) >= 11 is 0. The number of piperazine rings is 1. The first-order chi connectivity index (χ1) is 10.7. The maximum absolute atomic E-state index is 6.09. The summed E-state index contributed by atoms with van der Waals surface area (Å²) in [5.41, 5.74) is 7.14. The summed E-state index contributed by atoms with van der Waals surface area (Å²) < 4.78 is 1.76. The summed E-state index contributed by atoms with van der Waals surface area (Å²) in [5, 5.41) is 4.12. The fraction of sp³-hybridized carbons (Fsp3) is 0.429. The van der Waals surface area contributed by atoms with Crippen LogP contribution in [0.5, 0.6) is 0 Å². The van der Waals surface area contributed by atoms with Gasteiger partial charge in [0.05, 0.1) is 12.7 Å². The molecule has 0 radical (unpaired) electrons. The molecule has 124 valence electrons. The van der Waals surface area contributed by atoms with Crippen LogP contribution in [0.25, 0.3) is 0 Å². The Morgan fingerprint density at radius 2 is 1.91 bits per heavy atom. The van der Waals surface area contributed by atoms with Crippen molar-refractivity contribution in [3.63, 3.8) is 0 Å². The monoisotopic (exact) mass is 428 g/mol. The van der Waals surface area contributed by atoms with E-state index in [1.165, 1.54) is 0 Å². The van der Waals surface area contributed by atoms with Crippen LogP contribution in [0.15, 0.2) is 35.8 Å². The van der Waals surface area contributed by atoms with E-state index in [2.05, 4.69) is 29.9 Å².